The summed E-state index contributed by atoms with van der Waals surface area (Å²) in [6, 6.07) is 5.88. The molecular weight excluding hydrogens is 251 g/mol. The van der Waals surface area contributed by atoms with Crippen LogP contribution in [-0.2, 0) is 0 Å². The largest absolute Gasteiger partial charge is 0.307 e. The Bertz CT molecular complexity index is 550. The third-order valence-electron chi connectivity index (χ3n) is 2.54. The number of halogens is 1. The molecule has 18 heavy (non-hydrogen) atoms. The third kappa shape index (κ3) is 2.56. The van der Waals surface area contributed by atoms with Gasteiger partial charge in [-0.2, -0.15) is 0 Å². The van der Waals surface area contributed by atoms with E-state index in [1.807, 2.05) is 13.8 Å². The van der Waals surface area contributed by atoms with Crippen molar-refractivity contribution in [3.8, 4) is 0 Å². The molecule has 0 radical (unpaired) electrons. The number of nitrogens with zero attached hydrogens (tertiary/aromatic N) is 2. The minimum Gasteiger partial charge on any atom is -0.307 e. The number of anilines is 1. The maximum atomic E-state index is 12.9. The fraction of sp³-hybridized carbons (Fsp3) is 0.231. The second-order valence-electron chi connectivity index (χ2n) is 3.78. The lowest BCUT2D eigenvalue weighted by atomic mass is 10.2. The van der Waals surface area contributed by atoms with Gasteiger partial charge in [0, 0.05) is 17.6 Å². The number of aromatic nitrogens is 1. The molecule has 0 saturated carbocycles. The zero-order valence-corrected chi connectivity index (χ0v) is 11.0. The first-order valence-electron chi connectivity index (χ1n) is 5.61. The normalized spacial score (nSPS) is 10.4. The maximum absolute atomic E-state index is 12.9. The van der Waals surface area contributed by atoms with Gasteiger partial charge in [-0.15, -0.1) is 11.3 Å². The van der Waals surface area contributed by atoms with Crippen LogP contribution in [0.1, 0.15) is 22.4 Å². The van der Waals surface area contributed by atoms with Crippen LogP contribution in [0.2, 0.25) is 0 Å². The molecule has 3 nitrogen and oxygen atoms in total. The lowest BCUT2D eigenvalue weighted by molar-refractivity contribution is 0.0984. The molecule has 0 atom stereocenters. The highest BCUT2D eigenvalue weighted by Crippen LogP contribution is 2.18. The number of amides is 1. The average molecular weight is 264 g/mol. The van der Waals surface area contributed by atoms with Crippen molar-refractivity contribution in [2.45, 2.75) is 13.8 Å². The molecule has 0 N–H and O–H groups in total. The predicted octanol–water partition coefficient (Wildman–Crippen LogP) is 3.26. The summed E-state index contributed by atoms with van der Waals surface area (Å²) in [4.78, 5) is 18.0. The lowest BCUT2D eigenvalue weighted by Crippen LogP contribution is -2.30. The van der Waals surface area contributed by atoms with Crippen molar-refractivity contribution in [3.05, 3.63) is 46.2 Å². The molecule has 0 aliphatic carbocycles. The second kappa shape index (κ2) is 5.27. The van der Waals surface area contributed by atoms with Crippen molar-refractivity contribution in [2.24, 2.45) is 0 Å². The highest BCUT2D eigenvalue weighted by molar-refractivity contribution is 7.09. The summed E-state index contributed by atoms with van der Waals surface area (Å²) in [5.41, 5.74) is 1.11. The summed E-state index contributed by atoms with van der Waals surface area (Å²) < 4.78 is 12.9. The molecule has 2 aromatic rings. The van der Waals surface area contributed by atoms with E-state index in [1.54, 1.807) is 22.4 Å². The molecule has 0 bridgehead atoms. The second-order valence-corrected chi connectivity index (χ2v) is 4.84. The molecule has 2 rings (SSSR count). The molecule has 1 aromatic heterocycles. The molecule has 0 aliphatic rings. The number of rotatable bonds is 3. The number of thiazole rings is 1. The van der Waals surface area contributed by atoms with Gasteiger partial charge in [-0.25, -0.2) is 9.37 Å². The summed E-state index contributed by atoms with van der Waals surface area (Å²) in [5, 5.41) is 2.60. The van der Waals surface area contributed by atoms with E-state index < -0.39 is 0 Å². The Labute approximate surface area is 109 Å². The number of aryl methyl sites for hydroxylation is 1. The Morgan fingerprint density at radius 1 is 1.39 bits per heavy atom. The SMILES string of the molecule is CCN(C(=O)c1csc(C)n1)c1ccc(F)cc1. The minimum atomic E-state index is -0.313. The fourth-order valence-electron chi connectivity index (χ4n) is 1.66. The molecule has 0 saturated heterocycles. The Balaban J connectivity index is 2.28. The van der Waals surface area contributed by atoms with Gasteiger partial charge in [0.05, 0.1) is 5.01 Å². The molecule has 1 amide bonds. The number of carbonyl (C=O) groups excluding carboxylic acids is 1. The van der Waals surface area contributed by atoms with Gasteiger partial charge in [0.2, 0.25) is 0 Å². The Hall–Kier alpha value is -1.75. The monoisotopic (exact) mass is 264 g/mol. The van der Waals surface area contributed by atoms with Crippen LogP contribution in [0, 0.1) is 12.7 Å². The van der Waals surface area contributed by atoms with E-state index in [9.17, 15) is 9.18 Å². The van der Waals surface area contributed by atoms with E-state index in [2.05, 4.69) is 4.98 Å². The molecule has 0 fully saturated rings. The summed E-state index contributed by atoms with van der Waals surface area (Å²) in [6.45, 7) is 4.25. The van der Waals surface area contributed by atoms with Crippen molar-refractivity contribution >= 4 is 22.9 Å². The van der Waals surface area contributed by atoms with Gasteiger partial charge in [0.25, 0.3) is 5.91 Å². The van der Waals surface area contributed by atoms with Gasteiger partial charge in [-0.3, -0.25) is 4.79 Å². The third-order valence-corrected chi connectivity index (χ3v) is 3.31. The van der Waals surface area contributed by atoms with Crippen LogP contribution in [-0.4, -0.2) is 17.4 Å². The van der Waals surface area contributed by atoms with Crippen LogP contribution in [0.5, 0.6) is 0 Å². The van der Waals surface area contributed by atoms with Crippen LogP contribution in [0.3, 0.4) is 0 Å². The first-order valence-corrected chi connectivity index (χ1v) is 6.49. The molecule has 0 aliphatic heterocycles. The van der Waals surface area contributed by atoms with Crippen molar-refractivity contribution in [1.29, 1.82) is 0 Å². The zero-order chi connectivity index (χ0) is 13.1. The Kier molecular flexibility index (Phi) is 3.72. The first-order chi connectivity index (χ1) is 8.61. The van der Waals surface area contributed by atoms with Gasteiger partial charge >= 0.3 is 0 Å². The number of hydrogen-bond acceptors (Lipinski definition) is 3. The van der Waals surface area contributed by atoms with Crippen LogP contribution in [0.4, 0.5) is 10.1 Å². The Morgan fingerprint density at radius 3 is 2.56 bits per heavy atom. The number of carbonyl (C=O) groups is 1. The fourth-order valence-corrected chi connectivity index (χ4v) is 2.25. The van der Waals surface area contributed by atoms with Gasteiger partial charge < -0.3 is 4.90 Å². The smallest absolute Gasteiger partial charge is 0.277 e. The van der Waals surface area contributed by atoms with Crippen LogP contribution in [0.15, 0.2) is 29.6 Å². The maximum Gasteiger partial charge on any atom is 0.277 e. The van der Waals surface area contributed by atoms with Crippen molar-refractivity contribution < 1.29 is 9.18 Å². The van der Waals surface area contributed by atoms with Gasteiger partial charge in [-0.1, -0.05) is 0 Å². The molecule has 94 valence electrons. The summed E-state index contributed by atoms with van der Waals surface area (Å²) in [6.07, 6.45) is 0. The quantitative estimate of drug-likeness (QED) is 0.852. The van der Waals surface area contributed by atoms with E-state index in [0.29, 0.717) is 17.9 Å². The molecule has 1 heterocycles. The molecule has 5 heteroatoms. The topological polar surface area (TPSA) is 33.2 Å². The van der Waals surface area contributed by atoms with E-state index in [1.165, 1.54) is 23.5 Å². The average Bonchev–Trinajstić information content (AvgIpc) is 2.79. The molecule has 0 unspecified atom stereocenters. The molecular formula is C13H13FN2OS. The van der Waals surface area contributed by atoms with Gasteiger partial charge in [-0.05, 0) is 38.1 Å². The van der Waals surface area contributed by atoms with Crippen LogP contribution in [0.25, 0.3) is 0 Å². The summed E-state index contributed by atoms with van der Waals surface area (Å²) in [5.74, 6) is -0.472. The van der Waals surface area contributed by atoms with Gasteiger partial charge in [0.1, 0.15) is 11.5 Å². The Morgan fingerprint density at radius 2 is 2.06 bits per heavy atom. The van der Waals surface area contributed by atoms with E-state index in [-0.39, 0.29) is 11.7 Å². The van der Waals surface area contributed by atoms with Crippen molar-refractivity contribution in [3.63, 3.8) is 0 Å². The van der Waals surface area contributed by atoms with Crippen LogP contribution < -0.4 is 4.90 Å². The summed E-state index contributed by atoms with van der Waals surface area (Å²) >= 11 is 1.44. The minimum absolute atomic E-state index is 0.159. The molecule has 0 spiro atoms. The lowest BCUT2D eigenvalue weighted by Gasteiger charge is -2.19. The first kappa shape index (κ1) is 12.7. The van der Waals surface area contributed by atoms with Crippen LogP contribution >= 0.6 is 11.3 Å². The highest BCUT2D eigenvalue weighted by Gasteiger charge is 2.18. The highest BCUT2D eigenvalue weighted by atomic mass is 32.1. The predicted molar refractivity (Wildman–Crippen MR) is 70.6 cm³/mol. The number of hydrogen-bond donors (Lipinski definition) is 0. The van der Waals surface area contributed by atoms with E-state index in [4.69, 9.17) is 0 Å². The zero-order valence-electron chi connectivity index (χ0n) is 10.2. The standard InChI is InChI=1S/C13H13FN2OS/c1-3-16(11-6-4-10(14)5-7-11)13(17)12-8-18-9(2)15-12/h4-8H,3H2,1-2H3. The number of benzene rings is 1. The summed E-state index contributed by atoms with van der Waals surface area (Å²) in [7, 11) is 0. The van der Waals surface area contributed by atoms with Crippen molar-refractivity contribution in [1.82, 2.24) is 4.98 Å². The van der Waals surface area contributed by atoms with E-state index >= 15 is 0 Å². The van der Waals surface area contributed by atoms with Crippen molar-refractivity contribution in [2.75, 3.05) is 11.4 Å². The van der Waals surface area contributed by atoms with Gasteiger partial charge in [0.15, 0.2) is 0 Å². The van der Waals surface area contributed by atoms with E-state index in [0.717, 1.165) is 5.01 Å². The molecule has 1 aromatic carbocycles.